The van der Waals surface area contributed by atoms with E-state index in [2.05, 4.69) is 32.6 Å². The molecule has 1 amide bonds. The van der Waals surface area contributed by atoms with Gasteiger partial charge in [0.1, 0.15) is 0 Å². The molecule has 1 aromatic carbocycles. The fraction of sp³-hybridized carbons (Fsp3) is 0.562. The zero-order chi connectivity index (χ0) is 16.5. The topological polar surface area (TPSA) is 57.7 Å². The van der Waals surface area contributed by atoms with Crippen LogP contribution in [0.4, 0.5) is 5.69 Å². The van der Waals surface area contributed by atoms with Crippen LogP contribution in [0, 0.1) is 0 Å². The summed E-state index contributed by atoms with van der Waals surface area (Å²) in [5, 5.41) is 0. The first-order chi connectivity index (χ1) is 10.2. The number of rotatable bonds is 5. The summed E-state index contributed by atoms with van der Waals surface area (Å²) in [6.07, 6.45) is 0.913. The second-order valence-electron chi connectivity index (χ2n) is 6.16. The summed E-state index contributed by atoms with van der Waals surface area (Å²) in [4.78, 5) is 14.1. The molecular formula is C16H24N2O3S. The Morgan fingerprint density at radius 3 is 2.00 bits per heavy atom. The van der Waals surface area contributed by atoms with Gasteiger partial charge in [0.25, 0.3) is 10.0 Å². The molecule has 1 aromatic rings. The first-order valence-electron chi connectivity index (χ1n) is 7.69. The van der Waals surface area contributed by atoms with Gasteiger partial charge in [0.15, 0.2) is 0 Å². The van der Waals surface area contributed by atoms with Crippen molar-refractivity contribution in [1.82, 2.24) is 4.31 Å². The van der Waals surface area contributed by atoms with Crippen molar-refractivity contribution in [2.24, 2.45) is 0 Å². The Hall–Kier alpha value is -1.56. The maximum absolute atomic E-state index is 12.5. The van der Waals surface area contributed by atoms with Crippen LogP contribution in [0.1, 0.15) is 40.5 Å². The largest absolute Gasteiger partial charge is 0.367 e. The van der Waals surface area contributed by atoms with Crippen LogP contribution in [0.3, 0.4) is 0 Å². The van der Waals surface area contributed by atoms with E-state index in [0.717, 1.165) is 9.99 Å². The minimum absolute atomic E-state index is 0.180. The summed E-state index contributed by atoms with van der Waals surface area (Å²) in [7, 11) is -3.71. The summed E-state index contributed by atoms with van der Waals surface area (Å²) in [6.45, 7) is 8.70. The van der Waals surface area contributed by atoms with Crippen molar-refractivity contribution < 1.29 is 13.2 Å². The van der Waals surface area contributed by atoms with Crippen LogP contribution in [0.25, 0.3) is 0 Å². The molecule has 0 radical (unpaired) electrons. The third kappa shape index (κ3) is 3.11. The van der Waals surface area contributed by atoms with Crippen molar-refractivity contribution in [1.29, 1.82) is 0 Å². The molecule has 0 aliphatic carbocycles. The van der Waals surface area contributed by atoms with Crippen LogP contribution >= 0.6 is 0 Å². The first kappa shape index (κ1) is 16.8. The van der Waals surface area contributed by atoms with Gasteiger partial charge in [-0.25, -0.2) is 12.7 Å². The van der Waals surface area contributed by atoms with E-state index >= 15 is 0 Å². The van der Waals surface area contributed by atoms with E-state index in [-0.39, 0.29) is 17.3 Å². The van der Waals surface area contributed by atoms with E-state index in [1.165, 1.54) is 0 Å². The lowest BCUT2D eigenvalue weighted by Crippen LogP contribution is -2.37. The second kappa shape index (κ2) is 6.28. The van der Waals surface area contributed by atoms with Gasteiger partial charge < -0.3 is 4.90 Å². The molecular weight excluding hydrogens is 300 g/mol. The Balaban J connectivity index is 2.30. The van der Waals surface area contributed by atoms with Crippen LogP contribution in [0.5, 0.6) is 0 Å². The molecule has 0 N–H and O–H groups in total. The van der Waals surface area contributed by atoms with Crippen LogP contribution < -0.4 is 4.90 Å². The lowest BCUT2D eigenvalue weighted by molar-refractivity contribution is -0.123. The fourth-order valence-electron chi connectivity index (χ4n) is 2.99. The number of hydrogen-bond donors (Lipinski definition) is 0. The smallest absolute Gasteiger partial charge is 0.266 e. The Labute approximate surface area is 133 Å². The molecule has 22 heavy (non-hydrogen) atoms. The van der Waals surface area contributed by atoms with E-state index < -0.39 is 10.0 Å². The SMILES string of the molecule is CC(C)N(c1ccc(S(=O)(=O)N2CCCC2=O)cc1)C(C)C. The molecule has 1 aliphatic heterocycles. The zero-order valence-corrected chi connectivity index (χ0v) is 14.4. The molecule has 6 heteroatoms. The predicted octanol–water partition coefficient (Wildman–Crippen LogP) is 2.62. The third-order valence-corrected chi connectivity index (χ3v) is 5.70. The highest BCUT2D eigenvalue weighted by atomic mass is 32.2. The van der Waals surface area contributed by atoms with Gasteiger partial charge in [-0.1, -0.05) is 0 Å². The summed E-state index contributed by atoms with van der Waals surface area (Å²) in [5.41, 5.74) is 0.983. The number of nitrogens with zero attached hydrogens (tertiary/aromatic N) is 2. The standard InChI is InChI=1S/C16H24N2O3S/c1-12(2)18(13(3)4)14-7-9-15(10-8-14)22(20,21)17-11-5-6-16(17)19/h7-10,12-13H,5-6,11H2,1-4H3. The van der Waals surface area contributed by atoms with E-state index in [9.17, 15) is 13.2 Å². The number of amides is 1. The van der Waals surface area contributed by atoms with Gasteiger partial charge in [-0.3, -0.25) is 4.79 Å². The van der Waals surface area contributed by atoms with Crippen molar-refractivity contribution in [3.05, 3.63) is 24.3 Å². The van der Waals surface area contributed by atoms with Gasteiger partial charge >= 0.3 is 0 Å². The molecule has 122 valence electrons. The van der Waals surface area contributed by atoms with E-state index in [4.69, 9.17) is 0 Å². The molecule has 0 aromatic heterocycles. The number of sulfonamides is 1. The molecule has 5 nitrogen and oxygen atoms in total. The summed E-state index contributed by atoms with van der Waals surface area (Å²) in [6, 6.07) is 7.45. The van der Waals surface area contributed by atoms with Crippen molar-refractivity contribution in [2.75, 3.05) is 11.4 Å². The Morgan fingerprint density at radius 2 is 1.59 bits per heavy atom. The van der Waals surface area contributed by atoms with Crippen LogP contribution in [0.2, 0.25) is 0 Å². The maximum atomic E-state index is 12.5. The molecule has 0 atom stereocenters. The number of benzene rings is 1. The first-order valence-corrected chi connectivity index (χ1v) is 9.13. The Kier molecular flexibility index (Phi) is 4.80. The minimum atomic E-state index is -3.71. The second-order valence-corrected chi connectivity index (χ2v) is 8.03. The molecule has 1 saturated heterocycles. The average molecular weight is 324 g/mol. The lowest BCUT2D eigenvalue weighted by Gasteiger charge is -2.33. The lowest BCUT2D eigenvalue weighted by atomic mass is 10.2. The van der Waals surface area contributed by atoms with Crippen molar-refractivity contribution >= 4 is 21.6 Å². The summed E-state index contributed by atoms with van der Waals surface area (Å²) >= 11 is 0. The number of carbonyl (C=O) groups is 1. The molecule has 1 fully saturated rings. The number of anilines is 1. The summed E-state index contributed by atoms with van der Waals surface area (Å²) < 4.78 is 26.0. The number of hydrogen-bond acceptors (Lipinski definition) is 4. The fourth-order valence-corrected chi connectivity index (χ4v) is 4.45. The normalized spacial score (nSPS) is 15.9. The molecule has 0 spiro atoms. The molecule has 2 rings (SSSR count). The molecule has 0 saturated carbocycles. The minimum Gasteiger partial charge on any atom is -0.367 e. The van der Waals surface area contributed by atoms with Gasteiger partial charge in [0.05, 0.1) is 4.90 Å². The van der Waals surface area contributed by atoms with Crippen molar-refractivity contribution in [3.8, 4) is 0 Å². The quantitative estimate of drug-likeness (QED) is 0.835. The highest BCUT2D eigenvalue weighted by Crippen LogP contribution is 2.26. The van der Waals surface area contributed by atoms with E-state index in [1.807, 2.05) is 12.1 Å². The maximum Gasteiger partial charge on any atom is 0.266 e. The van der Waals surface area contributed by atoms with Gasteiger partial charge in [0, 0.05) is 30.7 Å². The molecule has 0 unspecified atom stereocenters. The summed E-state index contributed by atoms with van der Waals surface area (Å²) in [5.74, 6) is -0.310. The van der Waals surface area contributed by atoms with Gasteiger partial charge in [-0.05, 0) is 58.4 Å². The van der Waals surface area contributed by atoms with Crippen molar-refractivity contribution in [2.45, 2.75) is 57.5 Å². The number of carbonyl (C=O) groups excluding carboxylic acids is 1. The third-order valence-electron chi connectivity index (χ3n) is 3.87. The van der Waals surface area contributed by atoms with E-state index in [0.29, 0.717) is 24.9 Å². The molecule has 1 heterocycles. The molecule has 0 bridgehead atoms. The highest BCUT2D eigenvalue weighted by molar-refractivity contribution is 7.89. The predicted molar refractivity (Wildman–Crippen MR) is 87.3 cm³/mol. The Bertz CT molecular complexity index is 628. The van der Waals surface area contributed by atoms with Gasteiger partial charge in [-0.2, -0.15) is 0 Å². The van der Waals surface area contributed by atoms with Gasteiger partial charge in [0.2, 0.25) is 5.91 Å². The monoisotopic (exact) mass is 324 g/mol. The van der Waals surface area contributed by atoms with E-state index in [1.54, 1.807) is 12.1 Å². The zero-order valence-electron chi connectivity index (χ0n) is 13.6. The average Bonchev–Trinajstić information content (AvgIpc) is 2.85. The Morgan fingerprint density at radius 1 is 1.05 bits per heavy atom. The van der Waals surface area contributed by atoms with Gasteiger partial charge in [-0.15, -0.1) is 0 Å². The molecule has 1 aliphatic rings. The highest BCUT2D eigenvalue weighted by Gasteiger charge is 2.32. The van der Waals surface area contributed by atoms with Crippen molar-refractivity contribution in [3.63, 3.8) is 0 Å². The van der Waals surface area contributed by atoms with Crippen LogP contribution in [0.15, 0.2) is 29.2 Å². The van der Waals surface area contributed by atoms with Crippen LogP contribution in [-0.4, -0.2) is 37.3 Å². The van der Waals surface area contributed by atoms with Crippen LogP contribution in [-0.2, 0) is 14.8 Å².